The maximum absolute atomic E-state index is 13.6. The average molecular weight is 547 g/mol. The Morgan fingerprint density at radius 1 is 1.16 bits per heavy atom. The first kappa shape index (κ1) is 23.7. The number of aromatic nitrogens is 2. The Hall–Kier alpha value is -3.65. The number of Topliss-reactive ketones (excluding diaryl/α,β-unsaturated/α-hetero) is 1. The number of nitrogens with two attached hydrogens (primary N) is 1. The Kier molecular flexibility index (Phi) is 5.79. The molecule has 1 aliphatic carbocycles. The summed E-state index contributed by atoms with van der Waals surface area (Å²) in [7, 11) is 0. The van der Waals surface area contributed by atoms with Gasteiger partial charge in [0.2, 0.25) is 11.0 Å². The summed E-state index contributed by atoms with van der Waals surface area (Å²) in [5.74, 6) is 0.0805. The molecule has 1 atom stereocenters. The first-order valence-electron chi connectivity index (χ1n) is 11.5. The predicted octanol–water partition coefficient (Wildman–Crippen LogP) is 4.89. The van der Waals surface area contributed by atoms with Gasteiger partial charge in [-0.2, -0.15) is 5.26 Å². The number of ketones is 1. The monoisotopic (exact) mass is 546 g/mol. The molecule has 0 unspecified atom stereocenters. The number of anilines is 2. The highest BCUT2D eigenvalue weighted by Crippen LogP contribution is 2.55. The second-order valence-electron chi connectivity index (χ2n) is 8.79. The number of hydrogen-bond donors (Lipinski definition) is 2. The van der Waals surface area contributed by atoms with Crippen LogP contribution >= 0.6 is 34.7 Å². The van der Waals surface area contributed by atoms with E-state index in [-0.39, 0.29) is 23.6 Å². The number of para-hydroxylation sites is 1. The van der Waals surface area contributed by atoms with Gasteiger partial charge in [-0.1, -0.05) is 71.1 Å². The lowest BCUT2D eigenvalue weighted by molar-refractivity contribution is -0.122. The van der Waals surface area contributed by atoms with Crippen LogP contribution in [-0.2, 0) is 20.8 Å². The van der Waals surface area contributed by atoms with Crippen LogP contribution in [0.5, 0.6) is 0 Å². The molecule has 8 nitrogen and oxygen atoms in total. The summed E-state index contributed by atoms with van der Waals surface area (Å²) in [6, 6.07) is 16.9. The smallest absolute Gasteiger partial charge is 0.245 e. The molecule has 0 saturated carbocycles. The maximum atomic E-state index is 13.6. The molecule has 2 aromatic carbocycles. The van der Waals surface area contributed by atoms with Crippen LogP contribution in [0, 0.1) is 11.3 Å². The van der Waals surface area contributed by atoms with Gasteiger partial charge < -0.3 is 11.1 Å². The highest BCUT2D eigenvalue weighted by atomic mass is 35.5. The minimum atomic E-state index is -1.58. The summed E-state index contributed by atoms with van der Waals surface area (Å²) in [4.78, 5) is 28.8. The van der Waals surface area contributed by atoms with Gasteiger partial charge in [-0.3, -0.25) is 14.5 Å². The number of carbonyl (C=O) groups excluding carboxylic acids is 2. The van der Waals surface area contributed by atoms with E-state index in [0.29, 0.717) is 55.6 Å². The number of halogens is 1. The second kappa shape index (κ2) is 9.03. The fourth-order valence-electron chi connectivity index (χ4n) is 5.27. The van der Waals surface area contributed by atoms with Crippen LogP contribution < -0.4 is 16.0 Å². The van der Waals surface area contributed by atoms with Crippen LogP contribution in [0.3, 0.4) is 0 Å². The van der Waals surface area contributed by atoms with Crippen LogP contribution in [0.1, 0.15) is 30.4 Å². The molecule has 6 rings (SSSR count). The molecule has 0 radical (unpaired) electrons. The minimum absolute atomic E-state index is 0.0180. The maximum Gasteiger partial charge on any atom is 0.245 e. The Morgan fingerprint density at radius 3 is 2.76 bits per heavy atom. The summed E-state index contributed by atoms with van der Waals surface area (Å²) >= 11 is 9.08. The predicted molar refractivity (Wildman–Crippen MR) is 143 cm³/mol. The minimum Gasteiger partial charge on any atom is -0.384 e. The quantitative estimate of drug-likeness (QED) is 0.443. The van der Waals surface area contributed by atoms with E-state index in [4.69, 9.17) is 17.3 Å². The van der Waals surface area contributed by atoms with E-state index >= 15 is 0 Å². The summed E-state index contributed by atoms with van der Waals surface area (Å²) in [6.45, 7) is 0. The Morgan fingerprint density at radius 2 is 1.95 bits per heavy atom. The molecular formula is C26H19ClN6O2S2. The van der Waals surface area contributed by atoms with Gasteiger partial charge in [-0.15, -0.1) is 10.2 Å². The third-order valence-electron chi connectivity index (χ3n) is 6.83. The van der Waals surface area contributed by atoms with Crippen molar-refractivity contribution in [2.45, 2.75) is 34.8 Å². The van der Waals surface area contributed by atoms with Crippen LogP contribution in [-0.4, -0.2) is 21.9 Å². The summed E-state index contributed by atoms with van der Waals surface area (Å²) in [5.41, 5.74) is 8.11. The lowest BCUT2D eigenvalue weighted by Gasteiger charge is -2.42. The number of thioether (sulfide) groups is 1. The number of allylic oxidation sites excluding steroid dienone is 1. The first-order valence-corrected chi connectivity index (χ1v) is 13.7. The number of rotatable bonds is 4. The van der Waals surface area contributed by atoms with E-state index in [1.807, 2.05) is 24.3 Å². The SMILES string of the molecule is N#CC1=C(N)N(c2nnc(SCc3ccccc3Cl)s2)C2=C(C(=O)CCC2)[C@]12C(=O)Nc1ccccc12. The van der Waals surface area contributed by atoms with E-state index in [2.05, 4.69) is 21.6 Å². The molecule has 3 N–H and O–H groups in total. The van der Waals surface area contributed by atoms with Crippen LogP contribution in [0.2, 0.25) is 5.02 Å². The van der Waals surface area contributed by atoms with Crippen molar-refractivity contribution >= 4 is 57.2 Å². The average Bonchev–Trinajstić information content (AvgIpc) is 3.47. The third kappa shape index (κ3) is 3.49. The number of benzene rings is 2. The molecule has 11 heteroatoms. The molecule has 1 aromatic heterocycles. The number of hydrogen-bond acceptors (Lipinski definition) is 9. The number of nitriles is 1. The van der Waals surface area contributed by atoms with Gasteiger partial charge in [0.15, 0.2) is 10.1 Å². The van der Waals surface area contributed by atoms with Crippen molar-refractivity contribution in [2.24, 2.45) is 5.73 Å². The zero-order chi connectivity index (χ0) is 25.7. The Labute approximate surface area is 225 Å². The molecule has 0 bridgehead atoms. The molecule has 1 amide bonds. The van der Waals surface area contributed by atoms with Crippen molar-refractivity contribution in [3.05, 3.63) is 87.3 Å². The van der Waals surface area contributed by atoms with Crippen molar-refractivity contribution < 1.29 is 9.59 Å². The number of nitrogens with one attached hydrogen (secondary N) is 1. The van der Waals surface area contributed by atoms with E-state index < -0.39 is 11.3 Å². The lowest BCUT2D eigenvalue weighted by atomic mass is 9.64. The number of nitrogens with zero attached hydrogens (tertiary/aromatic N) is 4. The van der Waals surface area contributed by atoms with Crippen molar-refractivity contribution in [3.8, 4) is 6.07 Å². The van der Waals surface area contributed by atoms with E-state index in [0.717, 1.165) is 5.56 Å². The Balaban J connectivity index is 1.46. The molecule has 0 fully saturated rings. The van der Waals surface area contributed by atoms with Gasteiger partial charge >= 0.3 is 0 Å². The number of amides is 1. The normalized spacial score (nSPS) is 20.7. The van der Waals surface area contributed by atoms with Gasteiger partial charge in [0.1, 0.15) is 17.3 Å². The van der Waals surface area contributed by atoms with Crippen LogP contribution in [0.4, 0.5) is 10.8 Å². The van der Waals surface area contributed by atoms with E-state index in [1.54, 1.807) is 29.2 Å². The highest BCUT2D eigenvalue weighted by Gasteiger charge is 2.60. The molecule has 2 aliphatic heterocycles. The largest absolute Gasteiger partial charge is 0.384 e. The summed E-state index contributed by atoms with van der Waals surface area (Å²) in [6.07, 6.45) is 1.41. The van der Waals surface area contributed by atoms with Gasteiger partial charge in [-0.25, -0.2) is 0 Å². The van der Waals surface area contributed by atoms with Crippen LogP contribution in [0.15, 0.2) is 75.5 Å². The second-order valence-corrected chi connectivity index (χ2v) is 11.4. The number of carbonyl (C=O) groups is 2. The van der Waals surface area contributed by atoms with Crippen molar-refractivity contribution in [1.82, 2.24) is 10.2 Å². The Bertz CT molecular complexity index is 1590. The summed E-state index contributed by atoms with van der Waals surface area (Å²) < 4.78 is 0.690. The van der Waals surface area contributed by atoms with Gasteiger partial charge in [0.05, 0.1) is 5.57 Å². The molecule has 3 aromatic rings. The zero-order valence-corrected chi connectivity index (χ0v) is 21.7. The van der Waals surface area contributed by atoms with Crippen molar-refractivity contribution in [3.63, 3.8) is 0 Å². The fourth-order valence-corrected chi connectivity index (χ4v) is 7.44. The topological polar surface area (TPSA) is 125 Å². The molecule has 37 heavy (non-hydrogen) atoms. The van der Waals surface area contributed by atoms with Gasteiger partial charge in [0.25, 0.3) is 0 Å². The van der Waals surface area contributed by atoms with Gasteiger partial charge in [0, 0.05) is 39.7 Å². The molecule has 1 spiro atoms. The molecule has 0 saturated heterocycles. The zero-order valence-electron chi connectivity index (χ0n) is 19.3. The van der Waals surface area contributed by atoms with Crippen molar-refractivity contribution in [2.75, 3.05) is 10.2 Å². The molecule has 184 valence electrons. The van der Waals surface area contributed by atoms with Gasteiger partial charge in [-0.05, 0) is 30.5 Å². The fraction of sp³-hybridized carbons (Fsp3) is 0.192. The van der Waals surface area contributed by atoms with Crippen molar-refractivity contribution in [1.29, 1.82) is 5.26 Å². The standard InChI is InChI=1S/C26H19ClN6O2S2/c27-17-8-3-1-6-14(17)13-36-25-32-31-24(37-25)33-19-10-5-11-20(34)21(19)26(16(12-28)22(33)29)15-7-2-4-9-18(15)30-23(26)35/h1-4,6-9H,5,10-11,13,29H2,(H,30,35)/t26-/m1/s1. The first-order chi connectivity index (χ1) is 18.0. The van der Waals surface area contributed by atoms with Crippen LogP contribution in [0.25, 0.3) is 0 Å². The molecule has 3 aliphatic rings. The lowest BCUT2D eigenvalue weighted by Crippen LogP contribution is -2.50. The van der Waals surface area contributed by atoms with E-state index in [9.17, 15) is 14.9 Å². The third-order valence-corrected chi connectivity index (χ3v) is 9.29. The molecule has 3 heterocycles. The highest BCUT2D eigenvalue weighted by molar-refractivity contribution is 8.00. The van der Waals surface area contributed by atoms with E-state index in [1.165, 1.54) is 23.1 Å². The molecular weight excluding hydrogens is 528 g/mol. The summed E-state index contributed by atoms with van der Waals surface area (Å²) in [5, 5.41) is 23.0. The number of fused-ring (bicyclic) bond motifs is 3.